The van der Waals surface area contributed by atoms with Crippen molar-refractivity contribution in [2.24, 2.45) is 0 Å². The van der Waals surface area contributed by atoms with Crippen molar-refractivity contribution in [2.45, 2.75) is 18.9 Å². The van der Waals surface area contributed by atoms with Crippen LogP contribution in [0.3, 0.4) is 0 Å². The van der Waals surface area contributed by atoms with Crippen LogP contribution in [0.1, 0.15) is 12.3 Å². The summed E-state index contributed by atoms with van der Waals surface area (Å²) in [5.74, 6) is 0.0396. The monoisotopic (exact) mass is 288 g/mol. The molecule has 1 heterocycles. The van der Waals surface area contributed by atoms with E-state index in [1.807, 2.05) is 6.26 Å². The summed E-state index contributed by atoms with van der Waals surface area (Å²) in [6.45, 7) is 0.295. The molecule has 0 aliphatic rings. The Morgan fingerprint density at radius 2 is 2.37 bits per heavy atom. The maximum atomic E-state index is 11.5. The van der Waals surface area contributed by atoms with E-state index >= 15 is 0 Å². The van der Waals surface area contributed by atoms with E-state index in [0.717, 1.165) is 0 Å². The average Bonchev–Trinajstić information content (AvgIpc) is 2.87. The summed E-state index contributed by atoms with van der Waals surface area (Å²) in [4.78, 5) is 26.2. The second-order valence-electron chi connectivity index (χ2n) is 3.66. The summed E-state index contributed by atoms with van der Waals surface area (Å²) < 4.78 is 4.76. The van der Waals surface area contributed by atoms with E-state index in [1.54, 1.807) is 0 Å². The molecule has 19 heavy (non-hydrogen) atoms. The number of urea groups is 1. The van der Waals surface area contributed by atoms with Gasteiger partial charge < -0.3 is 20.3 Å². The van der Waals surface area contributed by atoms with Gasteiger partial charge in [-0.3, -0.25) is 0 Å². The molecule has 2 amide bonds. The van der Waals surface area contributed by atoms with Crippen LogP contribution in [0, 0.1) is 0 Å². The standard InChI is InChI=1S/C10H16N4O4S/c1-19-5-3-7(9(15)16)14-10(17)11-4-2-8-12-6-13-18-8/h6-7H,2-5H2,1H3,(H,15,16)(H2,11,14,17)/t7-/m0/s1. The summed E-state index contributed by atoms with van der Waals surface area (Å²) in [7, 11) is 0. The van der Waals surface area contributed by atoms with Gasteiger partial charge in [0, 0.05) is 13.0 Å². The topological polar surface area (TPSA) is 117 Å². The Kier molecular flexibility index (Phi) is 6.72. The number of carbonyl (C=O) groups is 2. The maximum Gasteiger partial charge on any atom is 0.326 e. The van der Waals surface area contributed by atoms with Crippen molar-refractivity contribution in [1.29, 1.82) is 0 Å². The first kappa shape index (κ1) is 15.3. The van der Waals surface area contributed by atoms with Crippen molar-refractivity contribution < 1.29 is 19.2 Å². The summed E-state index contributed by atoms with van der Waals surface area (Å²) in [6, 6.07) is -1.40. The molecule has 0 spiro atoms. The first-order valence-electron chi connectivity index (χ1n) is 5.65. The van der Waals surface area contributed by atoms with Gasteiger partial charge in [0.15, 0.2) is 6.33 Å². The second kappa shape index (κ2) is 8.35. The molecule has 0 saturated heterocycles. The van der Waals surface area contributed by atoms with E-state index in [9.17, 15) is 9.59 Å². The Labute approximate surface area is 114 Å². The van der Waals surface area contributed by atoms with Gasteiger partial charge >= 0.3 is 12.0 Å². The lowest BCUT2D eigenvalue weighted by molar-refractivity contribution is -0.139. The number of thioether (sulfide) groups is 1. The highest BCUT2D eigenvalue weighted by molar-refractivity contribution is 7.98. The van der Waals surface area contributed by atoms with Crippen LogP contribution in [0.15, 0.2) is 10.9 Å². The molecule has 1 aromatic heterocycles. The van der Waals surface area contributed by atoms with Crippen molar-refractivity contribution in [2.75, 3.05) is 18.6 Å². The van der Waals surface area contributed by atoms with Gasteiger partial charge in [-0.25, -0.2) is 9.59 Å². The highest BCUT2D eigenvalue weighted by Gasteiger charge is 2.18. The van der Waals surface area contributed by atoms with Gasteiger partial charge in [-0.15, -0.1) is 0 Å². The molecule has 0 bridgehead atoms. The predicted molar refractivity (Wildman–Crippen MR) is 69.0 cm³/mol. The molecule has 0 aliphatic heterocycles. The molecule has 0 radical (unpaired) electrons. The molecule has 0 unspecified atom stereocenters. The first-order valence-corrected chi connectivity index (χ1v) is 7.04. The fraction of sp³-hybridized carbons (Fsp3) is 0.600. The Morgan fingerprint density at radius 1 is 1.58 bits per heavy atom. The number of aliphatic carboxylic acids is 1. The number of nitrogens with zero attached hydrogens (tertiary/aromatic N) is 2. The van der Waals surface area contributed by atoms with Gasteiger partial charge in [0.05, 0.1) is 0 Å². The fourth-order valence-corrected chi connectivity index (χ4v) is 1.76. The maximum absolute atomic E-state index is 11.5. The number of hydrogen-bond donors (Lipinski definition) is 3. The van der Waals surface area contributed by atoms with Gasteiger partial charge in [-0.05, 0) is 18.4 Å². The van der Waals surface area contributed by atoms with Crippen LogP contribution in [-0.2, 0) is 11.2 Å². The van der Waals surface area contributed by atoms with Crippen molar-refractivity contribution in [3.8, 4) is 0 Å². The smallest absolute Gasteiger partial charge is 0.326 e. The molecule has 3 N–H and O–H groups in total. The number of amides is 2. The van der Waals surface area contributed by atoms with Gasteiger partial charge in [-0.1, -0.05) is 5.16 Å². The van der Waals surface area contributed by atoms with E-state index in [0.29, 0.717) is 31.0 Å². The van der Waals surface area contributed by atoms with Gasteiger partial charge in [0.1, 0.15) is 6.04 Å². The molecule has 0 aromatic carbocycles. The number of aromatic nitrogens is 2. The van der Waals surface area contributed by atoms with Crippen LogP contribution in [0.25, 0.3) is 0 Å². The lowest BCUT2D eigenvalue weighted by Gasteiger charge is -2.14. The normalized spacial score (nSPS) is 11.8. The van der Waals surface area contributed by atoms with E-state index in [-0.39, 0.29) is 0 Å². The Hall–Kier alpha value is -1.77. The highest BCUT2D eigenvalue weighted by atomic mass is 32.2. The van der Waals surface area contributed by atoms with Crippen LogP contribution < -0.4 is 10.6 Å². The number of hydrogen-bond acceptors (Lipinski definition) is 6. The molecule has 1 rings (SSSR count). The third-order valence-electron chi connectivity index (χ3n) is 2.25. The lowest BCUT2D eigenvalue weighted by Crippen LogP contribution is -2.46. The SMILES string of the molecule is CSCC[C@H](NC(=O)NCCc1ncno1)C(=O)O. The number of carboxylic acid groups (broad SMARTS) is 1. The van der Waals surface area contributed by atoms with E-state index in [4.69, 9.17) is 9.63 Å². The quantitative estimate of drug-likeness (QED) is 0.621. The van der Waals surface area contributed by atoms with Crippen LogP contribution in [0.5, 0.6) is 0 Å². The van der Waals surface area contributed by atoms with Crippen molar-refractivity contribution in [3.63, 3.8) is 0 Å². The van der Waals surface area contributed by atoms with E-state index in [2.05, 4.69) is 20.8 Å². The third-order valence-corrected chi connectivity index (χ3v) is 2.89. The van der Waals surface area contributed by atoms with Crippen molar-refractivity contribution >= 4 is 23.8 Å². The van der Waals surface area contributed by atoms with Crippen LogP contribution in [-0.4, -0.2) is 51.8 Å². The lowest BCUT2D eigenvalue weighted by atomic mass is 10.2. The molecule has 8 nitrogen and oxygen atoms in total. The number of nitrogens with one attached hydrogen (secondary N) is 2. The molecule has 0 saturated carbocycles. The summed E-state index contributed by atoms with van der Waals surface area (Å²) in [6.07, 6.45) is 3.94. The molecule has 0 aliphatic carbocycles. The molecule has 0 fully saturated rings. The molecular weight excluding hydrogens is 272 g/mol. The third kappa shape index (κ3) is 6.09. The summed E-state index contributed by atoms with van der Waals surface area (Å²) in [5, 5.41) is 17.3. The Morgan fingerprint density at radius 3 is 2.95 bits per heavy atom. The minimum absolute atomic E-state index is 0.295. The highest BCUT2D eigenvalue weighted by Crippen LogP contribution is 2.00. The molecular formula is C10H16N4O4S. The summed E-state index contributed by atoms with van der Waals surface area (Å²) in [5.41, 5.74) is 0. The first-order chi connectivity index (χ1) is 9.13. The van der Waals surface area contributed by atoms with E-state index in [1.165, 1.54) is 18.1 Å². The molecule has 1 aromatic rings. The van der Waals surface area contributed by atoms with Crippen molar-refractivity contribution in [1.82, 2.24) is 20.8 Å². The zero-order valence-corrected chi connectivity index (χ0v) is 11.3. The van der Waals surface area contributed by atoms with E-state index < -0.39 is 18.0 Å². The second-order valence-corrected chi connectivity index (χ2v) is 4.64. The largest absolute Gasteiger partial charge is 0.480 e. The fourth-order valence-electron chi connectivity index (χ4n) is 1.29. The Balaban J connectivity index is 2.25. The minimum Gasteiger partial charge on any atom is -0.480 e. The number of rotatable bonds is 8. The zero-order valence-electron chi connectivity index (χ0n) is 10.5. The van der Waals surface area contributed by atoms with Crippen molar-refractivity contribution in [3.05, 3.63) is 12.2 Å². The van der Waals surface area contributed by atoms with Gasteiger partial charge in [-0.2, -0.15) is 16.7 Å². The summed E-state index contributed by atoms with van der Waals surface area (Å²) >= 11 is 1.53. The van der Waals surface area contributed by atoms with Gasteiger partial charge in [0.25, 0.3) is 0 Å². The number of carboxylic acids is 1. The predicted octanol–water partition coefficient (Wildman–Crippen LogP) is 0.118. The Bertz CT molecular complexity index is 398. The van der Waals surface area contributed by atoms with Crippen LogP contribution in [0.4, 0.5) is 4.79 Å². The average molecular weight is 288 g/mol. The number of carbonyl (C=O) groups excluding carboxylic acids is 1. The molecule has 106 valence electrons. The molecule has 9 heteroatoms. The minimum atomic E-state index is -1.04. The van der Waals surface area contributed by atoms with Crippen LogP contribution >= 0.6 is 11.8 Å². The van der Waals surface area contributed by atoms with Crippen LogP contribution in [0.2, 0.25) is 0 Å². The van der Waals surface area contributed by atoms with Gasteiger partial charge in [0.2, 0.25) is 5.89 Å². The molecule has 1 atom stereocenters. The zero-order chi connectivity index (χ0) is 14.1.